The monoisotopic (exact) mass is 246 g/mol. The molecule has 2 aliphatic rings. The fraction of sp³-hybridized carbons (Fsp3) is 0.692. The van der Waals surface area contributed by atoms with Gasteiger partial charge in [-0.1, -0.05) is 0 Å². The van der Waals surface area contributed by atoms with E-state index in [0.717, 1.165) is 51.1 Å². The van der Waals surface area contributed by atoms with Crippen LogP contribution in [0.1, 0.15) is 29.8 Å². The van der Waals surface area contributed by atoms with Gasteiger partial charge in [0.15, 0.2) is 5.69 Å². The molecule has 0 N–H and O–H groups in total. The zero-order valence-corrected chi connectivity index (χ0v) is 10.7. The van der Waals surface area contributed by atoms with Crippen LogP contribution in [0.4, 0.5) is 0 Å². The number of aryl methyl sites for hydroxylation is 1. The lowest BCUT2D eigenvalue weighted by atomic mass is 10.1. The molecule has 0 aromatic carbocycles. The standard InChI is InChI=1S/C13H18N4O/c1-16-13-8-17(10-4-6-18-9-10)5-2-3-11(13)12(7-14)15-16/h10H,2-6,8-9H2,1H3. The molecule has 0 bridgehead atoms. The van der Waals surface area contributed by atoms with Crippen molar-refractivity contribution in [3.63, 3.8) is 0 Å². The summed E-state index contributed by atoms with van der Waals surface area (Å²) in [5.74, 6) is 0. The molecule has 1 fully saturated rings. The third-order valence-corrected chi connectivity index (χ3v) is 4.03. The van der Waals surface area contributed by atoms with E-state index in [2.05, 4.69) is 16.1 Å². The van der Waals surface area contributed by atoms with Crippen LogP contribution >= 0.6 is 0 Å². The first-order chi connectivity index (χ1) is 8.79. The second-order valence-electron chi connectivity index (χ2n) is 5.10. The topological polar surface area (TPSA) is 54.1 Å². The van der Waals surface area contributed by atoms with Gasteiger partial charge in [-0.05, 0) is 25.8 Å². The molecule has 1 unspecified atom stereocenters. The molecule has 0 radical (unpaired) electrons. The minimum atomic E-state index is 0.538. The minimum absolute atomic E-state index is 0.538. The zero-order chi connectivity index (χ0) is 12.5. The molecule has 0 amide bonds. The van der Waals surface area contributed by atoms with Crippen molar-refractivity contribution in [1.29, 1.82) is 5.26 Å². The number of ether oxygens (including phenoxy) is 1. The van der Waals surface area contributed by atoms with Crippen LogP contribution in [0.15, 0.2) is 0 Å². The molecular formula is C13H18N4O. The largest absolute Gasteiger partial charge is 0.380 e. The van der Waals surface area contributed by atoms with Gasteiger partial charge in [0, 0.05) is 31.8 Å². The third kappa shape index (κ3) is 1.92. The number of rotatable bonds is 1. The lowest BCUT2D eigenvalue weighted by Crippen LogP contribution is -2.35. The highest BCUT2D eigenvalue weighted by Gasteiger charge is 2.28. The van der Waals surface area contributed by atoms with E-state index in [0.29, 0.717) is 11.7 Å². The molecule has 5 heteroatoms. The molecule has 1 saturated heterocycles. The highest BCUT2D eigenvalue weighted by atomic mass is 16.5. The SMILES string of the molecule is Cn1nc(C#N)c2c1CN(C1CCOC1)CCC2. The number of fused-ring (bicyclic) bond motifs is 1. The molecule has 0 aliphatic carbocycles. The number of aromatic nitrogens is 2. The maximum absolute atomic E-state index is 9.12. The van der Waals surface area contributed by atoms with E-state index in [1.807, 2.05) is 11.7 Å². The number of nitrogens with zero attached hydrogens (tertiary/aromatic N) is 4. The molecule has 3 rings (SSSR count). The fourth-order valence-electron chi connectivity index (χ4n) is 3.01. The Bertz CT molecular complexity index is 482. The van der Waals surface area contributed by atoms with Crippen molar-refractivity contribution in [3.8, 4) is 6.07 Å². The third-order valence-electron chi connectivity index (χ3n) is 4.03. The predicted molar refractivity (Wildman–Crippen MR) is 65.9 cm³/mol. The summed E-state index contributed by atoms with van der Waals surface area (Å²) < 4.78 is 7.36. The van der Waals surface area contributed by atoms with Gasteiger partial charge < -0.3 is 4.74 Å². The fourth-order valence-corrected chi connectivity index (χ4v) is 3.01. The van der Waals surface area contributed by atoms with Gasteiger partial charge in [0.25, 0.3) is 0 Å². The predicted octanol–water partition coefficient (Wildman–Crippen LogP) is 0.829. The van der Waals surface area contributed by atoms with Crippen molar-refractivity contribution in [2.24, 2.45) is 7.05 Å². The van der Waals surface area contributed by atoms with E-state index < -0.39 is 0 Å². The van der Waals surface area contributed by atoms with E-state index in [9.17, 15) is 0 Å². The molecular weight excluding hydrogens is 228 g/mol. The highest BCUT2D eigenvalue weighted by molar-refractivity contribution is 5.36. The first-order valence-corrected chi connectivity index (χ1v) is 6.56. The van der Waals surface area contributed by atoms with Crippen molar-refractivity contribution >= 4 is 0 Å². The molecule has 0 saturated carbocycles. The van der Waals surface area contributed by atoms with Gasteiger partial charge in [-0.3, -0.25) is 9.58 Å². The molecule has 3 heterocycles. The zero-order valence-electron chi connectivity index (χ0n) is 10.7. The van der Waals surface area contributed by atoms with Crippen LogP contribution in [0.25, 0.3) is 0 Å². The van der Waals surface area contributed by atoms with E-state index in [1.54, 1.807) is 0 Å². The van der Waals surface area contributed by atoms with E-state index in [-0.39, 0.29) is 0 Å². The minimum Gasteiger partial charge on any atom is -0.380 e. The number of nitriles is 1. The Morgan fingerprint density at radius 3 is 3.11 bits per heavy atom. The molecule has 1 aromatic rings. The molecule has 18 heavy (non-hydrogen) atoms. The normalized spacial score (nSPS) is 24.6. The summed E-state index contributed by atoms with van der Waals surface area (Å²) in [4.78, 5) is 2.49. The molecule has 2 aliphatic heterocycles. The maximum atomic E-state index is 9.12. The summed E-state index contributed by atoms with van der Waals surface area (Å²) >= 11 is 0. The Labute approximate surface area is 107 Å². The Hall–Kier alpha value is -1.38. The van der Waals surface area contributed by atoms with E-state index in [4.69, 9.17) is 10.00 Å². The number of hydrogen-bond donors (Lipinski definition) is 0. The van der Waals surface area contributed by atoms with E-state index >= 15 is 0 Å². The summed E-state index contributed by atoms with van der Waals surface area (Å²) in [7, 11) is 1.94. The van der Waals surface area contributed by atoms with Crippen molar-refractivity contribution < 1.29 is 4.74 Å². The van der Waals surface area contributed by atoms with Gasteiger partial charge in [0.05, 0.1) is 12.3 Å². The average molecular weight is 246 g/mol. The number of hydrogen-bond acceptors (Lipinski definition) is 4. The van der Waals surface area contributed by atoms with Crippen LogP contribution in [0.5, 0.6) is 0 Å². The van der Waals surface area contributed by atoms with E-state index in [1.165, 1.54) is 5.69 Å². The molecule has 5 nitrogen and oxygen atoms in total. The Morgan fingerprint density at radius 1 is 1.50 bits per heavy atom. The quantitative estimate of drug-likeness (QED) is 0.736. The van der Waals surface area contributed by atoms with Gasteiger partial charge >= 0.3 is 0 Å². The summed E-state index contributed by atoms with van der Waals surface area (Å²) in [6.45, 7) is 3.71. The van der Waals surface area contributed by atoms with Gasteiger partial charge in [-0.2, -0.15) is 10.4 Å². The van der Waals surface area contributed by atoms with Crippen molar-refractivity contribution in [2.75, 3.05) is 19.8 Å². The Kier molecular flexibility index (Phi) is 3.06. The van der Waals surface area contributed by atoms with Crippen LogP contribution in [-0.2, 0) is 24.8 Å². The molecule has 1 atom stereocenters. The first-order valence-electron chi connectivity index (χ1n) is 6.56. The summed E-state index contributed by atoms with van der Waals surface area (Å²) in [5.41, 5.74) is 2.97. The average Bonchev–Trinajstić information content (AvgIpc) is 2.93. The van der Waals surface area contributed by atoms with Crippen molar-refractivity contribution in [3.05, 3.63) is 17.0 Å². The van der Waals surface area contributed by atoms with Crippen molar-refractivity contribution in [1.82, 2.24) is 14.7 Å². The summed E-state index contributed by atoms with van der Waals surface area (Å²) in [6, 6.07) is 2.75. The summed E-state index contributed by atoms with van der Waals surface area (Å²) in [5, 5.41) is 13.4. The van der Waals surface area contributed by atoms with Gasteiger partial charge in [-0.25, -0.2) is 0 Å². The molecule has 0 spiro atoms. The van der Waals surface area contributed by atoms with Crippen LogP contribution in [0.2, 0.25) is 0 Å². The lowest BCUT2D eigenvalue weighted by Gasteiger charge is -2.26. The van der Waals surface area contributed by atoms with Gasteiger partial charge in [-0.15, -0.1) is 0 Å². The van der Waals surface area contributed by atoms with Crippen molar-refractivity contribution in [2.45, 2.75) is 31.8 Å². The summed E-state index contributed by atoms with van der Waals surface area (Å²) in [6.07, 6.45) is 3.19. The second kappa shape index (κ2) is 4.71. The van der Waals surface area contributed by atoms with Crippen LogP contribution in [-0.4, -0.2) is 40.5 Å². The highest BCUT2D eigenvalue weighted by Crippen LogP contribution is 2.24. The second-order valence-corrected chi connectivity index (χ2v) is 5.10. The smallest absolute Gasteiger partial charge is 0.165 e. The maximum Gasteiger partial charge on any atom is 0.165 e. The Balaban J connectivity index is 1.88. The van der Waals surface area contributed by atoms with Crippen LogP contribution < -0.4 is 0 Å². The van der Waals surface area contributed by atoms with Crippen LogP contribution in [0.3, 0.4) is 0 Å². The first kappa shape index (κ1) is 11.7. The molecule has 1 aromatic heterocycles. The van der Waals surface area contributed by atoms with Gasteiger partial charge in [0.2, 0.25) is 0 Å². The lowest BCUT2D eigenvalue weighted by molar-refractivity contribution is 0.138. The molecule has 96 valence electrons. The van der Waals surface area contributed by atoms with Gasteiger partial charge in [0.1, 0.15) is 6.07 Å². The Morgan fingerprint density at radius 2 is 2.39 bits per heavy atom. The van der Waals surface area contributed by atoms with Crippen LogP contribution in [0, 0.1) is 11.3 Å².